The summed E-state index contributed by atoms with van der Waals surface area (Å²) in [5.74, 6) is 1.11. The summed E-state index contributed by atoms with van der Waals surface area (Å²) >= 11 is 1.91. The molecule has 2 heterocycles. The minimum Gasteiger partial charge on any atom is -0.493 e. The van der Waals surface area contributed by atoms with E-state index in [4.69, 9.17) is 4.74 Å². The van der Waals surface area contributed by atoms with E-state index in [0.717, 1.165) is 38.2 Å². The highest BCUT2D eigenvalue weighted by Crippen LogP contribution is 2.37. The number of rotatable bonds is 5. The predicted molar refractivity (Wildman–Crippen MR) is 89.5 cm³/mol. The summed E-state index contributed by atoms with van der Waals surface area (Å²) in [5, 5.41) is 3.63. The van der Waals surface area contributed by atoms with Crippen LogP contribution < -0.4 is 10.1 Å². The van der Waals surface area contributed by atoms with Crippen molar-refractivity contribution in [3.8, 4) is 5.75 Å². The lowest BCUT2D eigenvalue weighted by atomic mass is 9.97. The molecule has 1 N–H and O–H groups in total. The molecule has 1 aromatic heterocycles. The maximum atomic E-state index is 6.00. The van der Waals surface area contributed by atoms with Crippen molar-refractivity contribution in [3.63, 3.8) is 0 Å². The highest BCUT2D eigenvalue weighted by Gasteiger charge is 2.22. The van der Waals surface area contributed by atoms with E-state index >= 15 is 0 Å². The van der Waals surface area contributed by atoms with E-state index in [1.807, 2.05) is 11.3 Å². The Bertz CT molecular complexity index is 605. The number of benzene rings is 1. The molecule has 0 bridgehead atoms. The van der Waals surface area contributed by atoms with Gasteiger partial charge in [0.15, 0.2) is 0 Å². The third-order valence-corrected chi connectivity index (χ3v) is 5.29. The first-order valence-electron chi connectivity index (χ1n) is 7.90. The Labute approximate surface area is 131 Å². The third-order valence-electron chi connectivity index (χ3n) is 4.00. The second-order valence-electron chi connectivity index (χ2n) is 5.44. The molecule has 0 saturated heterocycles. The van der Waals surface area contributed by atoms with Crippen molar-refractivity contribution in [2.24, 2.45) is 0 Å². The van der Waals surface area contributed by atoms with Crippen molar-refractivity contribution in [1.82, 2.24) is 5.32 Å². The molecule has 0 fully saturated rings. The Kier molecular flexibility index (Phi) is 4.61. The first kappa shape index (κ1) is 14.6. The lowest BCUT2D eigenvalue weighted by molar-refractivity contribution is 0.283. The first-order chi connectivity index (χ1) is 10.3. The standard InChI is InChI=1S/C18H23NOS/c1-3-14-10-11-16(21-14)17(19-4-2)15-9-5-7-13-8-6-12-20-18(13)15/h5,7,9-11,17,19H,3-4,6,8,12H2,1-2H3. The molecular formula is C18H23NOS. The van der Waals surface area contributed by atoms with Crippen LogP contribution in [0, 0.1) is 0 Å². The van der Waals surface area contributed by atoms with Gasteiger partial charge in [0.1, 0.15) is 5.75 Å². The van der Waals surface area contributed by atoms with Gasteiger partial charge in [0, 0.05) is 15.3 Å². The number of nitrogens with one attached hydrogen (secondary N) is 1. The topological polar surface area (TPSA) is 21.3 Å². The van der Waals surface area contributed by atoms with Gasteiger partial charge in [-0.3, -0.25) is 0 Å². The number of hydrogen-bond donors (Lipinski definition) is 1. The summed E-state index contributed by atoms with van der Waals surface area (Å²) in [7, 11) is 0. The van der Waals surface area contributed by atoms with Gasteiger partial charge in [-0.2, -0.15) is 0 Å². The lowest BCUT2D eigenvalue weighted by Gasteiger charge is -2.25. The molecule has 3 rings (SSSR count). The van der Waals surface area contributed by atoms with E-state index < -0.39 is 0 Å². The summed E-state index contributed by atoms with van der Waals surface area (Å²) in [6.07, 6.45) is 3.36. The fourth-order valence-corrected chi connectivity index (χ4v) is 4.00. The van der Waals surface area contributed by atoms with E-state index in [9.17, 15) is 0 Å². The van der Waals surface area contributed by atoms with Crippen LogP contribution in [-0.4, -0.2) is 13.2 Å². The van der Waals surface area contributed by atoms with Gasteiger partial charge in [0.2, 0.25) is 0 Å². The largest absolute Gasteiger partial charge is 0.493 e. The number of para-hydroxylation sites is 1. The van der Waals surface area contributed by atoms with Crippen LogP contribution in [0.4, 0.5) is 0 Å². The maximum Gasteiger partial charge on any atom is 0.127 e. The van der Waals surface area contributed by atoms with Crippen molar-refractivity contribution in [2.45, 2.75) is 39.2 Å². The SMILES string of the molecule is CCNC(c1ccc(CC)s1)c1cccc2c1OCCC2. The van der Waals surface area contributed by atoms with E-state index in [1.165, 1.54) is 20.9 Å². The Morgan fingerprint density at radius 2 is 2.14 bits per heavy atom. The van der Waals surface area contributed by atoms with Crippen LogP contribution in [0.1, 0.15) is 47.2 Å². The number of aryl methyl sites for hydroxylation is 2. The Morgan fingerprint density at radius 1 is 1.24 bits per heavy atom. The molecule has 1 unspecified atom stereocenters. The molecule has 3 heteroatoms. The van der Waals surface area contributed by atoms with Crippen LogP contribution in [0.2, 0.25) is 0 Å². The van der Waals surface area contributed by atoms with Crippen molar-refractivity contribution in [3.05, 3.63) is 51.2 Å². The van der Waals surface area contributed by atoms with Gasteiger partial charge in [-0.05, 0) is 43.5 Å². The molecule has 1 atom stereocenters. The minimum absolute atomic E-state index is 0.244. The number of fused-ring (bicyclic) bond motifs is 1. The van der Waals surface area contributed by atoms with Gasteiger partial charge in [0.05, 0.1) is 12.6 Å². The fraction of sp³-hybridized carbons (Fsp3) is 0.444. The Morgan fingerprint density at radius 3 is 2.90 bits per heavy atom. The smallest absolute Gasteiger partial charge is 0.127 e. The van der Waals surface area contributed by atoms with Crippen molar-refractivity contribution in [2.75, 3.05) is 13.2 Å². The van der Waals surface area contributed by atoms with Crippen LogP contribution >= 0.6 is 11.3 Å². The fourth-order valence-electron chi connectivity index (χ4n) is 2.95. The molecule has 0 saturated carbocycles. The summed E-state index contributed by atoms with van der Waals surface area (Å²) in [5.41, 5.74) is 2.65. The van der Waals surface area contributed by atoms with Crippen LogP contribution in [-0.2, 0) is 12.8 Å². The summed E-state index contributed by atoms with van der Waals surface area (Å²) < 4.78 is 6.00. The highest BCUT2D eigenvalue weighted by molar-refractivity contribution is 7.12. The first-order valence-corrected chi connectivity index (χ1v) is 8.71. The van der Waals surface area contributed by atoms with E-state index in [1.54, 1.807) is 0 Å². The lowest BCUT2D eigenvalue weighted by Crippen LogP contribution is -2.23. The van der Waals surface area contributed by atoms with Crippen molar-refractivity contribution < 1.29 is 4.74 Å². The summed E-state index contributed by atoms with van der Waals surface area (Å²) in [4.78, 5) is 2.83. The van der Waals surface area contributed by atoms with Gasteiger partial charge in [-0.15, -0.1) is 11.3 Å². The van der Waals surface area contributed by atoms with Crippen LogP contribution in [0.15, 0.2) is 30.3 Å². The molecule has 0 aliphatic carbocycles. The van der Waals surface area contributed by atoms with Crippen molar-refractivity contribution >= 4 is 11.3 Å². The van der Waals surface area contributed by atoms with Gasteiger partial charge in [-0.1, -0.05) is 32.0 Å². The number of thiophene rings is 1. The molecule has 1 aromatic carbocycles. The second kappa shape index (κ2) is 6.63. The molecule has 1 aliphatic rings. The molecule has 0 amide bonds. The third kappa shape index (κ3) is 2.99. The Balaban J connectivity index is 2.01. The quantitative estimate of drug-likeness (QED) is 0.887. The van der Waals surface area contributed by atoms with Gasteiger partial charge >= 0.3 is 0 Å². The second-order valence-corrected chi connectivity index (χ2v) is 6.64. The van der Waals surface area contributed by atoms with E-state index in [-0.39, 0.29) is 6.04 Å². The van der Waals surface area contributed by atoms with Crippen LogP contribution in [0.3, 0.4) is 0 Å². The van der Waals surface area contributed by atoms with Crippen molar-refractivity contribution in [1.29, 1.82) is 0 Å². The number of ether oxygens (including phenoxy) is 1. The minimum atomic E-state index is 0.244. The molecule has 2 nitrogen and oxygen atoms in total. The van der Waals surface area contributed by atoms with Gasteiger partial charge in [-0.25, -0.2) is 0 Å². The van der Waals surface area contributed by atoms with E-state index in [2.05, 4.69) is 49.5 Å². The maximum absolute atomic E-state index is 6.00. The molecule has 2 aromatic rings. The van der Waals surface area contributed by atoms with Gasteiger partial charge in [0.25, 0.3) is 0 Å². The molecule has 0 radical (unpaired) electrons. The zero-order valence-electron chi connectivity index (χ0n) is 12.8. The van der Waals surface area contributed by atoms with Crippen LogP contribution in [0.5, 0.6) is 5.75 Å². The summed E-state index contributed by atoms with van der Waals surface area (Å²) in [6.45, 7) is 6.17. The zero-order valence-corrected chi connectivity index (χ0v) is 13.6. The summed E-state index contributed by atoms with van der Waals surface area (Å²) in [6, 6.07) is 11.3. The average Bonchev–Trinajstić information content (AvgIpc) is 3.01. The molecule has 1 aliphatic heterocycles. The average molecular weight is 301 g/mol. The Hall–Kier alpha value is -1.32. The normalized spacial score (nSPS) is 15.3. The molecule has 21 heavy (non-hydrogen) atoms. The van der Waals surface area contributed by atoms with E-state index in [0.29, 0.717) is 0 Å². The predicted octanol–water partition coefficient (Wildman–Crippen LogP) is 4.33. The zero-order chi connectivity index (χ0) is 14.7. The highest BCUT2D eigenvalue weighted by atomic mass is 32.1. The molecular weight excluding hydrogens is 278 g/mol. The number of hydrogen-bond acceptors (Lipinski definition) is 3. The van der Waals surface area contributed by atoms with Crippen LogP contribution in [0.25, 0.3) is 0 Å². The van der Waals surface area contributed by atoms with Gasteiger partial charge < -0.3 is 10.1 Å². The molecule has 0 spiro atoms. The monoisotopic (exact) mass is 301 g/mol. The molecule has 112 valence electrons.